The minimum absolute atomic E-state index is 0.118. The molecule has 0 aromatic heterocycles. The van der Waals surface area contributed by atoms with Crippen molar-refractivity contribution in [3.05, 3.63) is 0 Å². The third-order valence-electron chi connectivity index (χ3n) is 5.77. The Balaban J connectivity index is 1.56. The Morgan fingerprint density at radius 1 is 1.20 bits per heavy atom. The molecule has 6 heteroatoms. The number of nitrogens with one attached hydrogen (secondary N) is 2. The molecule has 0 radical (unpaired) electrons. The molecule has 0 spiro atoms. The summed E-state index contributed by atoms with van der Waals surface area (Å²) < 4.78 is 11.4. The number of likely N-dealkylation sites (tertiary alicyclic amines) is 1. The predicted octanol–water partition coefficient (Wildman–Crippen LogP) is 2.13. The highest BCUT2D eigenvalue weighted by atomic mass is 16.6. The summed E-state index contributed by atoms with van der Waals surface area (Å²) in [5.41, 5.74) is -0.465. The number of hydrogen-bond acceptors (Lipinski definition) is 5. The average molecular weight is 354 g/mol. The Bertz CT molecular complexity index is 465. The Morgan fingerprint density at radius 3 is 2.72 bits per heavy atom. The van der Waals surface area contributed by atoms with E-state index in [1.54, 1.807) is 0 Å². The fourth-order valence-electron chi connectivity index (χ4n) is 4.46. The minimum atomic E-state index is -0.465. The van der Waals surface area contributed by atoms with Gasteiger partial charge in [-0.1, -0.05) is 6.92 Å². The molecule has 0 aromatic carbocycles. The fraction of sp³-hybridized carbons (Fsp3) is 0.947. The van der Waals surface area contributed by atoms with Crippen LogP contribution in [0.2, 0.25) is 0 Å². The molecule has 0 aromatic rings. The van der Waals surface area contributed by atoms with Crippen LogP contribution in [0, 0.1) is 5.92 Å². The van der Waals surface area contributed by atoms with Crippen molar-refractivity contribution in [3.63, 3.8) is 0 Å². The van der Waals surface area contributed by atoms with Crippen LogP contribution in [0.25, 0.3) is 0 Å². The molecule has 2 heterocycles. The summed E-state index contributed by atoms with van der Waals surface area (Å²) in [5.74, 6) is 0.419. The lowest BCUT2D eigenvalue weighted by Gasteiger charge is -2.49. The molecule has 144 valence electrons. The van der Waals surface area contributed by atoms with Gasteiger partial charge in [-0.05, 0) is 66.1 Å². The molecule has 3 aliphatic rings. The van der Waals surface area contributed by atoms with Crippen LogP contribution in [0.15, 0.2) is 0 Å². The molecule has 3 rings (SSSR count). The SMILES string of the molecule is CCN1CCCC(NC2C(NC(=O)OC(C)(C)C)C3CCOC32)CC1. The third kappa shape index (κ3) is 4.66. The smallest absolute Gasteiger partial charge is 0.407 e. The first-order chi connectivity index (χ1) is 11.9. The second-order valence-electron chi connectivity index (χ2n) is 8.71. The highest BCUT2D eigenvalue weighted by Crippen LogP contribution is 2.39. The molecule has 5 unspecified atom stereocenters. The number of alkyl carbamates (subject to hydrolysis) is 1. The van der Waals surface area contributed by atoms with Gasteiger partial charge in [-0.2, -0.15) is 0 Å². The van der Waals surface area contributed by atoms with E-state index in [0.29, 0.717) is 12.0 Å². The van der Waals surface area contributed by atoms with Crippen molar-refractivity contribution >= 4 is 6.09 Å². The maximum Gasteiger partial charge on any atom is 0.407 e. The van der Waals surface area contributed by atoms with Crippen LogP contribution in [-0.4, -0.2) is 67.1 Å². The molecule has 6 nitrogen and oxygen atoms in total. The van der Waals surface area contributed by atoms with E-state index in [1.165, 1.54) is 25.8 Å². The lowest BCUT2D eigenvalue weighted by molar-refractivity contribution is -0.0382. The number of rotatable bonds is 4. The van der Waals surface area contributed by atoms with Gasteiger partial charge in [-0.3, -0.25) is 0 Å². The van der Waals surface area contributed by atoms with E-state index in [9.17, 15) is 4.79 Å². The Morgan fingerprint density at radius 2 is 2.00 bits per heavy atom. The Kier molecular flexibility index (Phi) is 5.91. The number of carbonyl (C=O) groups excluding carboxylic acids is 1. The third-order valence-corrected chi connectivity index (χ3v) is 5.77. The van der Waals surface area contributed by atoms with Crippen LogP contribution in [0.1, 0.15) is 53.4 Å². The number of hydrogen-bond donors (Lipinski definition) is 2. The molecule has 2 aliphatic heterocycles. The van der Waals surface area contributed by atoms with E-state index in [1.807, 2.05) is 20.8 Å². The van der Waals surface area contributed by atoms with E-state index in [-0.39, 0.29) is 24.3 Å². The van der Waals surface area contributed by atoms with Crippen molar-refractivity contribution in [2.75, 3.05) is 26.2 Å². The van der Waals surface area contributed by atoms with Gasteiger partial charge in [-0.25, -0.2) is 4.79 Å². The van der Waals surface area contributed by atoms with E-state index in [0.717, 1.165) is 26.1 Å². The van der Waals surface area contributed by atoms with Crippen LogP contribution in [0.5, 0.6) is 0 Å². The number of ether oxygens (including phenoxy) is 2. The highest BCUT2D eigenvalue weighted by molar-refractivity contribution is 5.68. The number of fused-ring (bicyclic) bond motifs is 1. The summed E-state index contributed by atoms with van der Waals surface area (Å²) in [6, 6.07) is 0.834. The molecule has 5 atom stereocenters. The van der Waals surface area contributed by atoms with Crippen LogP contribution in [-0.2, 0) is 9.47 Å². The monoisotopic (exact) mass is 353 g/mol. The summed E-state index contributed by atoms with van der Waals surface area (Å²) in [5, 5.41) is 6.91. The Hall–Kier alpha value is -0.850. The van der Waals surface area contributed by atoms with Gasteiger partial charge < -0.3 is 25.0 Å². The van der Waals surface area contributed by atoms with Gasteiger partial charge in [0, 0.05) is 18.6 Å². The van der Waals surface area contributed by atoms with Crippen molar-refractivity contribution in [2.24, 2.45) is 5.92 Å². The first kappa shape index (κ1) is 18.9. The fourth-order valence-corrected chi connectivity index (χ4v) is 4.46. The molecule has 1 saturated carbocycles. The minimum Gasteiger partial charge on any atom is -0.444 e. The maximum atomic E-state index is 12.2. The molecule has 1 amide bonds. The Labute approximate surface area is 152 Å². The van der Waals surface area contributed by atoms with Crippen molar-refractivity contribution in [2.45, 2.75) is 83.2 Å². The lowest BCUT2D eigenvalue weighted by atomic mass is 9.71. The normalized spacial score (nSPS) is 36.2. The molecule has 0 bridgehead atoms. The van der Waals surface area contributed by atoms with Crippen LogP contribution in [0.3, 0.4) is 0 Å². The van der Waals surface area contributed by atoms with Gasteiger partial charge in [0.15, 0.2) is 0 Å². The van der Waals surface area contributed by atoms with Gasteiger partial charge in [0.2, 0.25) is 0 Å². The molecule has 1 aliphatic carbocycles. The molecule has 3 fully saturated rings. The van der Waals surface area contributed by atoms with Crippen molar-refractivity contribution < 1.29 is 14.3 Å². The molecule has 25 heavy (non-hydrogen) atoms. The largest absolute Gasteiger partial charge is 0.444 e. The second-order valence-corrected chi connectivity index (χ2v) is 8.71. The number of carbonyl (C=O) groups is 1. The first-order valence-electron chi connectivity index (χ1n) is 9.97. The predicted molar refractivity (Wildman–Crippen MR) is 97.7 cm³/mol. The summed E-state index contributed by atoms with van der Waals surface area (Å²) in [7, 11) is 0. The summed E-state index contributed by atoms with van der Waals surface area (Å²) in [4.78, 5) is 14.7. The first-order valence-corrected chi connectivity index (χ1v) is 9.97. The van der Waals surface area contributed by atoms with E-state index < -0.39 is 5.60 Å². The highest BCUT2D eigenvalue weighted by Gasteiger charge is 2.55. The zero-order valence-corrected chi connectivity index (χ0v) is 16.2. The number of nitrogens with zero attached hydrogens (tertiary/aromatic N) is 1. The van der Waals surface area contributed by atoms with Crippen LogP contribution >= 0.6 is 0 Å². The summed E-state index contributed by atoms with van der Waals surface area (Å²) >= 11 is 0. The van der Waals surface area contributed by atoms with E-state index >= 15 is 0 Å². The van der Waals surface area contributed by atoms with Gasteiger partial charge in [0.05, 0.1) is 18.2 Å². The second kappa shape index (κ2) is 7.80. The van der Waals surface area contributed by atoms with Crippen LogP contribution in [0.4, 0.5) is 4.79 Å². The quantitative estimate of drug-likeness (QED) is 0.811. The topological polar surface area (TPSA) is 62.8 Å². The molecular formula is C19H35N3O3. The molecule has 2 N–H and O–H groups in total. The molecular weight excluding hydrogens is 318 g/mol. The van der Waals surface area contributed by atoms with Gasteiger partial charge >= 0.3 is 6.09 Å². The van der Waals surface area contributed by atoms with Gasteiger partial charge in [0.25, 0.3) is 0 Å². The van der Waals surface area contributed by atoms with Crippen molar-refractivity contribution in [1.82, 2.24) is 15.5 Å². The van der Waals surface area contributed by atoms with E-state index in [2.05, 4.69) is 22.5 Å². The molecule has 2 saturated heterocycles. The van der Waals surface area contributed by atoms with Crippen molar-refractivity contribution in [1.29, 1.82) is 0 Å². The zero-order chi connectivity index (χ0) is 18.0. The van der Waals surface area contributed by atoms with Gasteiger partial charge in [-0.15, -0.1) is 0 Å². The van der Waals surface area contributed by atoms with E-state index in [4.69, 9.17) is 9.47 Å². The van der Waals surface area contributed by atoms with Crippen molar-refractivity contribution in [3.8, 4) is 0 Å². The van der Waals surface area contributed by atoms with Gasteiger partial charge in [0.1, 0.15) is 5.60 Å². The summed E-state index contributed by atoms with van der Waals surface area (Å²) in [6.07, 6.45) is 4.55. The average Bonchev–Trinajstić information content (AvgIpc) is 2.81. The number of amides is 1. The lowest BCUT2D eigenvalue weighted by Crippen LogP contribution is -2.71. The van der Waals surface area contributed by atoms with Crippen LogP contribution < -0.4 is 10.6 Å². The standard InChI is InChI=1S/C19H35N3O3/c1-5-22-10-6-7-13(8-11-22)20-16-15(14-9-12-24-17(14)16)21-18(23)25-19(2,3)4/h13-17,20H,5-12H2,1-4H3,(H,21,23). The summed E-state index contributed by atoms with van der Waals surface area (Å²) in [6.45, 7) is 12.2. The maximum absolute atomic E-state index is 12.2. The zero-order valence-electron chi connectivity index (χ0n) is 16.2.